The van der Waals surface area contributed by atoms with Crippen LogP contribution in [-0.4, -0.2) is 52.0 Å². The van der Waals surface area contributed by atoms with Crippen molar-refractivity contribution < 1.29 is 14.7 Å². The van der Waals surface area contributed by atoms with E-state index in [1.807, 2.05) is 50.5 Å². The molecule has 5 rings (SSSR count). The van der Waals surface area contributed by atoms with Gasteiger partial charge >= 0.3 is 0 Å². The fourth-order valence-electron chi connectivity index (χ4n) is 4.49. The fraction of sp³-hybridized carbons (Fsp3) is 0.200. The van der Waals surface area contributed by atoms with Gasteiger partial charge in [0.1, 0.15) is 5.75 Å². The number of phenolic OH excluding ortho intramolecular Hbond substituents is 1. The first-order valence-electron chi connectivity index (χ1n) is 10.6. The maximum absolute atomic E-state index is 13.0. The van der Waals surface area contributed by atoms with Gasteiger partial charge in [0.05, 0.1) is 16.8 Å². The molecular weight excluding hydrogens is 404 g/mol. The van der Waals surface area contributed by atoms with Crippen molar-refractivity contribution in [2.45, 2.75) is 13.0 Å². The number of rotatable bonds is 6. The van der Waals surface area contributed by atoms with Crippen LogP contribution in [0.1, 0.15) is 17.7 Å². The van der Waals surface area contributed by atoms with Crippen molar-refractivity contribution in [1.29, 1.82) is 0 Å². The van der Waals surface area contributed by atoms with E-state index >= 15 is 0 Å². The number of hydrogen-bond donors (Lipinski definition) is 3. The number of amides is 2. The molecule has 2 aromatic carbocycles. The van der Waals surface area contributed by atoms with Crippen LogP contribution in [0.2, 0.25) is 0 Å². The molecule has 7 heteroatoms. The van der Waals surface area contributed by atoms with E-state index in [-0.39, 0.29) is 5.75 Å². The minimum Gasteiger partial charge on any atom is -0.508 e. The molecule has 3 heterocycles. The Morgan fingerprint density at radius 1 is 1.00 bits per heavy atom. The normalized spacial score (nSPS) is 14.3. The van der Waals surface area contributed by atoms with Crippen molar-refractivity contribution >= 4 is 44.8 Å². The predicted molar refractivity (Wildman–Crippen MR) is 125 cm³/mol. The molecule has 32 heavy (non-hydrogen) atoms. The molecule has 3 N–H and O–H groups in total. The summed E-state index contributed by atoms with van der Waals surface area (Å²) in [6, 6.07) is 14.8. The van der Waals surface area contributed by atoms with Gasteiger partial charge in [0.25, 0.3) is 11.8 Å². The Labute approximate surface area is 184 Å². The monoisotopic (exact) mass is 428 g/mol. The topological polar surface area (TPSA) is 90.4 Å². The molecular formula is C25H24N4O3. The van der Waals surface area contributed by atoms with Crippen LogP contribution in [0.4, 0.5) is 0 Å². The van der Waals surface area contributed by atoms with E-state index in [4.69, 9.17) is 0 Å². The Morgan fingerprint density at radius 3 is 2.59 bits per heavy atom. The third-order valence-corrected chi connectivity index (χ3v) is 5.92. The van der Waals surface area contributed by atoms with Crippen LogP contribution < -0.4 is 5.32 Å². The van der Waals surface area contributed by atoms with Crippen molar-refractivity contribution in [3.63, 3.8) is 0 Å². The molecule has 0 spiro atoms. The summed E-state index contributed by atoms with van der Waals surface area (Å²) in [5.74, 6) is -0.647. The maximum Gasteiger partial charge on any atom is 0.261 e. The van der Waals surface area contributed by atoms with Gasteiger partial charge in [-0.25, -0.2) is 0 Å². The molecule has 7 nitrogen and oxygen atoms in total. The highest BCUT2D eigenvalue weighted by molar-refractivity contribution is 6.50. The Kier molecular flexibility index (Phi) is 4.83. The first-order valence-corrected chi connectivity index (χ1v) is 10.6. The molecule has 0 saturated heterocycles. The summed E-state index contributed by atoms with van der Waals surface area (Å²) < 4.78 is 2.07. The number of aromatic amines is 1. The molecule has 0 radical (unpaired) electrons. The second-order valence-corrected chi connectivity index (χ2v) is 8.36. The lowest BCUT2D eigenvalue weighted by atomic mass is 9.98. The number of phenols is 1. The van der Waals surface area contributed by atoms with Gasteiger partial charge in [-0.2, -0.15) is 0 Å². The van der Waals surface area contributed by atoms with Crippen molar-refractivity contribution in [3.05, 3.63) is 66.0 Å². The summed E-state index contributed by atoms with van der Waals surface area (Å²) in [7, 11) is 4.04. The van der Waals surface area contributed by atoms with Gasteiger partial charge in [-0.05, 0) is 57.4 Å². The quantitative estimate of drug-likeness (QED) is 0.411. The lowest BCUT2D eigenvalue weighted by Crippen LogP contribution is -2.23. The average Bonchev–Trinajstić information content (AvgIpc) is 3.40. The lowest BCUT2D eigenvalue weighted by molar-refractivity contribution is -0.122. The Morgan fingerprint density at radius 2 is 1.78 bits per heavy atom. The molecule has 1 aliphatic rings. The highest BCUT2D eigenvalue weighted by atomic mass is 16.3. The van der Waals surface area contributed by atoms with Gasteiger partial charge in [-0.1, -0.05) is 18.2 Å². The molecule has 0 saturated carbocycles. The summed E-state index contributed by atoms with van der Waals surface area (Å²) in [6.07, 6.45) is 2.65. The van der Waals surface area contributed by atoms with E-state index < -0.39 is 11.8 Å². The molecule has 4 aromatic rings. The number of fused-ring (bicyclic) bond motifs is 2. The number of aryl methyl sites for hydroxylation is 1. The van der Waals surface area contributed by atoms with Crippen LogP contribution in [-0.2, 0) is 16.1 Å². The minimum absolute atomic E-state index is 0.160. The number of aromatic hydroxyl groups is 1. The molecule has 0 fully saturated rings. The fourth-order valence-corrected chi connectivity index (χ4v) is 4.49. The van der Waals surface area contributed by atoms with Crippen LogP contribution >= 0.6 is 0 Å². The molecule has 0 aliphatic carbocycles. The lowest BCUT2D eigenvalue weighted by Gasteiger charge is -2.14. The van der Waals surface area contributed by atoms with Crippen LogP contribution in [0.5, 0.6) is 5.75 Å². The highest BCUT2D eigenvalue weighted by Gasteiger charge is 2.35. The van der Waals surface area contributed by atoms with Crippen LogP contribution in [0.3, 0.4) is 0 Å². The molecule has 162 valence electrons. The highest BCUT2D eigenvalue weighted by Crippen LogP contribution is 2.37. The average molecular weight is 428 g/mol. The number of para-hydroxylation sites is 1. The Hall–Kier alpha value is -3.84. The molecule has 0 unspecified atom stereocenters. The van der Waals surface area contributed by atoms with Gasteiger partial charge in [-0.15, -0.1) is 0 Å². The largest absolute Gasteiger partial charge is 0.508 e. The zero-order chi connectivity index (χ0) is 22.4. The van der Waals surface area contributed by atoms with Gasteiger partial charge in [0, 0.05) is 40.1 Å². The van der Waals surface area contributed by atoms with E-state index in [1.54, 1.807) is 18.3 Å². The van der Waals surface area contributed by atoms with E-state index in [2.05, 4.69) is 19.8 Å². The second-order valence-electron chi connectivity index (χ2n) is 8.36. The third-order valence-electron chi connectivity index (χ3n) is 5.92. The third kappa shape index (κ3) is 3.27. The minimum atomic E-state index is -0.406. The van der Waals surface area contributed by atoms with Crippen molar-refractivity contribution in [2.24, 2.45) is 0 Å². The summed E-state index contributed by atoms with van der Waals surface area (Å²) in [4.78, 5) is 31.3. The number of nitrogens with zero attached hydrogens (tertiary/aromatic N) is 2. The number of aromatic nitrogens is 2. The van der Waals surface area contributed by atoms with E-state index in [0.717, 1.165) is 34.8 Å². The number of hydrogen-bond acceptors (Lipinski definition) is 4. The number of H-pyrrole nitrogens is 1. The van der Waals surface area contributed by atoms with Crippen molar-refractivity contribution in [1.82, 2.24) is 19.8 Å². The Bertz CT molecular complexity index is 1410. The van der Waals surface area contributed by atoms with Gasteiger partial charge in [0.15, 0.2) is 0 Å². The number of carbonyl (C=O) groups excluding carboxylic acids is 2. The van der Waals surface area contributed by atoms with E-state index in [0.29, 0.717) is 28.9 Å². The standard InChI is InChI=1S/C25H24N4O3/c1-28(2)10-5-11-29-20-9-8-16(30)12-15(20)13-21(29)23-22(24(31)27-25(23)32)18-14-26-19-7-4-3-6-17(18)19/h3-4,6-9,12-14,26,30H,5,10-11H2,1-2H3,(H,27,31,32). The maximum atomic E-state index is 13.0. The number of benzene rings is 2. The summed E-state index contributed by atoms with van der Waals surface area (Å²) in [5.41, 5.74) is 3.92. The summed E-state index contributed by atoms with van der Waals surface area (Å²) >= 11 is 0. The van der Waals surface area contributed by atoms with E-state index in [9.17, 15) is 14.7 Å². The molecule has 0 bridgehead atoms. The molecule has 2 aromatic heterocycles. The SMILES string of the molecule is CN(C)CCCn1c(C2=C(c3c[nH]c4ccccc34)C(=O)NC2=O)cc2cc(O)ccc21. The van der Waals surface area contributed by atoms with Crippen LogP contribution in [0.25, 0.3) is 33.0 Å². The van der Waals surface area contributed by atoms with Crippen LogP contribution in [0, 0.1) is 0 Å². The smallest absolute Gasteiger partial charge is 0.261 e. The second kappa shape index (κ2) is 7.69. The predicted octanol–water partition coefficient (Wildman–Crippen LogP) is 3.35. The number of nitrogens with one attached hydrogen (secondary N) is 2. The van der Waals surface area contributed by atoms with Gasteiger partial charge in [-0.3, -0.25) is 14.9 Å². The van der Waals surface area contributed by atoms with Gasteiger partial charge in [0.2, 0.25) is 0 Å². The molecule has 0 atom stereocenters. The zero-order valence-electron chi connectivity index (χ0n) is 18.0. The van der Waals surface area contributed by atoms with Gasteiger partial charge < -0.3 is 19.6 Å². The van der Waals surface area contributed by atoms with Crippen molar-refractivity contribution in [2.75, 3.05) is 20.6 Å². The van der Waals surface area contributed by atoms with Crippen molar-refractivity contribution in [3.8, 4) is 5.75 Å². The number of imide groups is 1. The summed E-state index contributed by atoms with van der Waals surface area (Å²) in [6.45, 7) is 1.56. The summed E-state index contributed by atoms with van der Waals surface area (Å²) in [5, 5.41) is 14.2. The molecule has 2 amide bonds. The van der Waals surface area contributed by atoms with E-state index in [1.165, 1.54) is 0 Å². The Balaban J connectivity index is 1.74. The first kappa shape index (κ1) is 20.1. The molecule has 1 aliphatic heterocycles. The number of carbonyl (C=O) groups is 2. The first-order chi connectivity index (χ1) is 15.4. The van der Waals surface area contributed by atoms with Crippen LogP contribution in [0.15, 0.2) is 54.7 Å². The zero-order valence-corrected chi connectivity index (χ0v) is 18.0.